The first-order valence-corrected chi connectivity index (χ1v) is 9.93. The van der Waals surface area contributed by atoms with Crippen LogP contribution in [0.5, 0.6) is 0 Å². The SMILES string of the molecule is CCCCC[C@H](NC(=O)[C@@H](C)CCC)C(=O)C(=O)N[C@@H](CCC)C(C)=O. The van der Waals surface area contributed by atoms with Crippen molar-refractivity contribution in [3.05, 3.63) is 0 Å². The molecule has 0 unspecified atom stereocenters. The minimum Gasteiger partial charge on any atom is -0.345 e. The van der Waals surface area contributed by atoms with Gasteiger partial charge in [-0.25, -0.2) is 0 Å². The van der Waals surface area contributed by atoms with Gasteiger partial charge in [-0.3, -0.25) is 19.2 Å². The maximum Gasteiger partial charge on any atom is 0.290 e. The van der Waals surface area contributed by atoms with Gasteiger partial charge in [0, 0.05) is 5.92 Å². The standard InChI is InChI=1S/C20H36N2O4/c1-6-9-10-13-17(22-19(25)14(4)11-7-2)18(24)20(26)21-16(12-8-3)15(5)23/h14,16-17H,6-13H2,1-5H3,(H,21,26)(H,22,25)/t14-,16-,17-/m0/s1. The van der Waals surface area contributed by atoms with E-state index in [1.807, 2.05) is 27.7 Å². The highest BCUT2D eigenvalue weighted by atomic mass is 16.2. The Morgan fingerprint density at radius 2 is 1.38 bits per heavy atom. The first-order chi connectivity index (χ1) is 12.3. The molecule has 2 amide bonds. The van der Waals surface area contributed by atoms with Crippen molar-refractivity contribution in [1.82, 2.24) is 10.6 Å². The lowest BCUT2D eigenvalue weighted by Crippen LogP contribution is -2.51. The van der Waals surface area contributed by atoms with E-state index in [9.17, 15) is 19.2 Å². The van der Waals surface area contributed by atoms with E-state index in [0.717, 1.165) is 38.5 Å². The van der Waals surface area contributed by atoms with Gasteiger partial charge in [-0.15, -0.1) is 0 Å². The second kappa shape index (κ2) is 13.5. The first kappa shape index (κ1) is 24.3. The second-order valence-corrected chi connectivity index (χ2v) is 7.04. The summed E-state index contributed by atoms with van der Waals surface area (Å²) in [5.41, 5.74) is 0. The van der Waals surface area contributed by atoms with Crippen LogP contribution in [0.3, 0.4) is 0 Å². The van der Waals surface area contributed by atoms with Gasteiger partial charge in [-0.2, -0.15) is 0 Å². The van der Waals surface area contributed by atoms with Crippen molar-refractivity contribution in [2.75, 3.05) is 0 Å². The molecule has 0 aliphatic heterocycles. The van der Waals surface area contributed by atoms with Crippen molar-refractivity contribution in [2.45, 2.75) is 98.1 Å². The Morgan fingerprint density at radius 1 is 0.769 bits per heavy atom. The summed E-state index contributed by atoms with van der Waals surface area (Å²) in [4.78, 5) is 48.8. The Balaban J connectivity index is 5.03. The summed E-state index contributed by atoms with van der Waals surface area (Å²) in [5, 5.41) is 5.27. The molecule has 0 bridgehead atoms. The van der Waals surface area contributed by atoms with Gasteiger partial charge in [0.1, 0.15) is 0 Å². The third kappa shape index (κ3) is 9.11. The molecule has 0 saturated carbocycles. The number of hydrogen-bond donors (Lipinski definition) is 2. The van der Waals surface area contributed by atoms with Crippen LogP contribution in [0, 0.1) is 5.92 Å². The number of unbranched alkanes of at least 4 members (excludes halogenated alkanes) is 2. The smallest absolute Gasteiger partial charge is 0.290 e. The van der Waals surface area contributed by atoms with Crippen molar-refractivity contribution in [3.63, 3.8) is 0 Å². The predicted molar refractivity (Wildman–Crippen MR) is 103 cm³/mol. The molecule has 0 aliphatic rings. The highest BCUT2D eigenvalue weighted by Gasteiger charge is 2.29. The Kier molecular flexibility index (Phi) is 12.6. The van der Waals surface area contributed by atoms with Crippen LogP contribution in [0.25, 0.3) is 0 Å². The number of hydrogen-bond acceptors (Lipinski definition) is 4. The van der Waals surface area contributed by atoms with Gasteiger partial charge in [0.25, 0.3) is 5.91 Å². The highest BCUT2D eigenvalue weighted by Crippen LogP contribution is 2.10. The molecular weight excluding hydrogens is 332 g/mol. The minimum atomic E-state index is -0.831. The van der Waals surface area contributed by atoms with Crippen LogP contribution >= 0.6 is 0 Å². The monoisotopic (exact) mass is 368 g/mol. The van der Waals surface area contributed by atoms with Crippen LogP contribution in [0.2, 0.25) is 0 Å². The fraction of sp³-hybridized carbons (Fsp3) is 0.800. The summed E-state index contributed by atoms with van der Waals surface area (Å²) in [7, 11) is 0. The molecule has 0 radical (unpaired) electrons. The van der Waals surface area contributed by atoms with E-state index in [2.05, 4.69) is 10.6 Å². The normalized spacial score (nSPS) is 14.2. The molecule has 0 aromatic carbocycles. The van der Waals surface area contributed by atoms with Crippen molar-refractivity contribution >= 4 is 23.4 Å². The van der Waals surface area contributed by atoms with Gasteiger partial charge < -0.3 is 10.6 Å². The number of rotatable bonds is 14. The van der Waals surface area contributed by atoms with Crippen LogP contribution in [-0.4, -0.2) is 35.5 Å². The zero-order chi connectivity index (χ0) is 20.1. The molecule has 6 nitrogen and oxygen atoms in total. The van der Waals surface area contributed by atoms with Crippen LogP contribution in [-0.2, 0) is 19.2 Å². The molecule has 0 aromatic rings. The van der Waals surface area contributed by atoms with E-state index in [0.29, 0.717) is 12.8 Å². The van der Waals surface area contributed by atoms with E-state index in [1.165, 1.54) is 6.92 Å². The first-order valence-electron chi connectivity index (χ1n) is 9.93. The Labute approximate surface area is 157 Å². The minimum absolute atomic E-state index is 0.170. The van der Waals surface area contributed by atoms with E-state index in [-0.39, 0.29) is 17.6 Å². The molecule has 0 aromatic heterocycles. The Bertz CT molecular complexity index is 476. The third-order valence-electron chi connectivity index (χ3n) is 4.50. The van der Waals surface area contributed by atoms with E-state index in [1.54, 1.807) is 0 Å². The average Bonchev–Trinajstić information content (AvgIpc) is 2.59. The van der Waals surface area contributed by atoms with Crippen LogP contribution in [0.4, 0.5) is 0 Å². The molecule has 2 N–H and O–H groups in total. The van der Waals surface area contributed by atoms with Crippen molar-refractivity contribution in [1.29, 1.82) is 0 Å². The molecule has 0 heterocycles. The number of ketones is 2. The maximum absolute atomic E-state index is 12.6. The summed E-state index contributed by atoms with van der Waals surface area (Å²) < 4.78 is 0. The molecule has 26 heavy (non-hydrogen) atoms. The molecule has 0 saturated heterocycles. The number of carbonyl (C=O) groups is 4. The molecule has 0 fully saturated rings. The van der Waals surface area contributed by atoms with Gasteiger partial charge in [-0.1, -0.05) is 59.8 Å². The summed E-state index contributed by atoms with van der Waals surface area (Å²) in [6.45, 7) is 9.18. The topological polar surface area (TPSA) is 92.3 Å². The summed E-state index contributed by atoms with van der Waals surface area (Å²) >= 11 is 0. The maximum atomic E-state index is 12.6. The molecule has 0 aliphatic carbocycles. The molecule has 0 spiro atoms. The summed E-state index contributed by atoms with van der Waals surface area (Å²) in [6, 6.07) is -1.48. The summed E-state index contributed by atoms with van der Waals surface area (Å²) in [6.07, 6.45) is 5.93. The highest BCUT2D eigenvalue weighted by molar-refractivity contribution is 6.38. The molecule has 0 rings (SSSR count). The zero-order valence-corrected chi connectivity index (χ0v) is 17.0. The quantitative estimate of drug-likeness (QED) is 0.364. The number of amides is 2. The fourth-order valence-corrected chi connectivity index (χ4v) is 2.80. The largest absolute Gasteiger partial charge is 0.345 e. The van der Waals surface area contributed by atoms with Gasteiger partial charge in [0.2, 0.25) is 11.7 Å². The Morgan fingerprint density at radius 3 is 1.88 bits per heavy atom. The van der Waals surface area contributed by atoms with Gasteiger partial charge in [0.05, 0.1) is 12.1 Å². The summed E-state index contributed by atoms with van der Waals surface area (Å²) in [5.74, 6) is -2.03. The Hall–Kier alpha value is -1.72. The van der Waals surface area contributed by atoms with Gasteiger partial charge in [-0.05, 0) is 26.2 Å². The van der Waals surface area contributed by atoms with Crippen molar-refractivity contribution in [3.8, 4) is 0 Å². The number of nitrogens with one attached hydrogen (secondary N) is 2. The van der Waals surface area contributed by atoms with Gasteiger partial charge >= 0.3 is 0 Å². The molecular formula is C20H36N2O4. The number of Topliss-reactive ketones (excluding diaryl/α,β-unsaturated/α-hetero) is 2. The van der Waals surface area contributed by atoms with E-state index < -0.39 is 23.8 Å². The predicted octanol–water partition coefficient (Wildman–Crippen LogP) is 2.93. The van der Waals surface area contributed by atoms with Crippen LogP contribution in [0.15, 0.2) is 0 Å². The second-order valence-electron chi connectivity index (χ2n) is 7.04. The molecule has 3 atom stereocenters. The zero-order valence-electron chi connectivity index (χ0n) is 17.0. The lowest BCUT2D eigenvalue weighted by molar-refractivity contribution is -0.141. The van der Waals surface area contributed by atoms with Crippen LogP contribution < -0.4 is 10.6 Å². The van der Waals surface area contributed by atoms with E-state index in [4.69, 9.17) is 0 Å². The molecule has 6 heteroatoms. The lowest BCUT2D eigenvalue weighted by atomic mass is 10.00. The molecule has 150 valence electrons. The lowest BCUT2D eigenvalue weighted by Gasteiger charge is -2.21. The van der Waals surface area contributed by atoms with Gasteiger partial charge in [0.15, 0.2) is 5.78 Å². The fourth-order valence-electron chi connectivity index (χ4n) is 2.80. The average molecular weight is 369 g/mol. The van der Waals surface area contributed by atoms with Crippen molar-refractivity contribution < 1.29 is 19.2 Å². The van der Waals surface area contributed by atoms with E-state index >= 15 is 0 Å². The van der Waals surface area contributed by atoms with Crippen molar-refractivity contribution in [2.24, 2.45) is 5.92 Å². The number of carbonyl (C=O) groups excluding carboxylic acids is 4. The van der Waals surface area contributed by atoms with Crippen LogP contribution in [0.1, 0.15) is 86.0 Å². The third-order valence-corrected chi connectivity index (χ3v) is 4.50.